The lowest BCUT2D eigenvalue weighted by atomic mass is 10.1. The Kier molecular flexibility index (Phi) is 37.4. The maximum atomic E-state index is 13.3. The van der Waals surface area contributed by atoms with Crippen LogP contribution < -0.4 is 25.8 Å². The van der Waals surface area contributed by atoms with Crippen molar-refractivity contribution in [1.29, 1.82) is 0 Å². The summed E-state index contributed by atoms with van der Waals surface area (Å²) in [6.07, 6.45) is 33.8. The lowest BCUT2D eigenvalue weighted by Crippen LogP contribution is -2.50. The Bertz CT molecular complexity index is 2260. The van der Waals surface area contributed by atoms with Crippen molar-refractivity contribution < 1.29 is 43.6 Å². The summed E-state index contributed by atoms with van der Waals surface area (Å²) < 4.78 is 19.5. The molecule has 2 fully saturated rings. The third-order valence-corrected chi connectivity index (χ3v) is 16.8. The first-order chi connectivity index (χ1) is 42.7. The molecule has 5 N–H and O–H groups in total. The summed E-state index contributed by atoms with van der Waals surface area (Å²) in [6, 6.07) is -1.55. The van der Waals surface area contributed by atoms with Crippen molar-refractivity contribution in [2.24, 2.45) is 0 Å². The molecule has 2 unspecified atom stereocenters. The van der Waals surface area contributed by atoms with Crippen molar-refractivity contribution in [3.8, 4) is 12.3 Å². The van der Waals surface area contributed by atoms with E-state index in [1.54, 1.807) is 35.9 Å². The summed E-state index contributed by atoms with van der Waals surface area (Å²) in [6.45, 7) is 8.06. The smallest absolute Gasteiger partial charge is 0.247 e. The van der Waals surface area contributed by atoms with Gasteiger partial charge in [0.1, 0.15) is 6.61 Å². The number of nitrogens with zero attached hydrogens (tertiary/aromatic N) is 13. The van der Waals surface area contributed by atoms with Crippen molar-refractivity contribution in [1.82, 2.24) is 65.4 Å². The van der Waals surface area contributed by atoms with Crippen molar-refractivity contribution >= 4 is 65.0 Å². The highest BCUT2D eigenvalue weighted by molar-refractivity contribution is 7.98. The molecule has 4 amide bonds. The molecule has 27 heteroatoms. The van der Waals surface area contributed by atoms with E-state index in [9.17, 15) is 29.4 Å². The Morgan fingerprint density at radius 3 is 1.36 bits per heavy atom. The molecule has 3 aromatic heterocycles. The summed E-state index contributed by atoms with van der Waals surface area (Å²) in [5.74, 6) is 5.92. The minimum Gasteiger partial charge on any atom is -0.394 e. The number of hydrogen-bond donors (Lipinski definition) is 5. The number of nitrogens with one attached hydrogen (secondary N) is 3. The van der Waals surface area contributed by atoms with Gasteiger partial charge in [0.2, 0.25) is 41.5 Å². The van der Waals surface area contributed by atoms with Crippen molar-refractivity contribution in [2.75, 3.05) is 164 Å². The summed E-state index contributed by atoms with van der Waals surface area (Å²) >= 11 is 3.56. The van der Waals surface area contributed by atoms with Gasteiger partial charge >= 0.3 is 0 Å². The second kappa shape index (κ2) is 45.0. The first kappa shape index (κ1) is 72.4. The van der Waals surface area contributed by atoms with Crippen LogP contribution in [0, 0.1) is 12.3 Å². The van der Waals surface area contributed by atoms with Gasteiger partial charge in [0.25, 0.3) is 0 Å². The fourth-order valence-electron chi connectivity index (χ4n) is 10.3. The predicted molar refractivity (Wildman–Crippen MR) is 342 cm³/mol. The fraction of sp³-hybridized carbons (Fsp3) is 0.783. The van der Waals surface area contributed by atoms with Gasteiger partial charge in [-0.1, -0.05) is 93.4 Å². The van der Waals surface area contributed by atoms with Gasteiger partial charge in [0.05, 0.1) is 57.6 Å². The van der Waals surface area contributed by atoms with Gasteiger partial charge in [0.15, 0.2) is 12.1 Å². The third kappa shape index (κ3) is 28.8. The first-order valence-corrected chi connectivity index (χ1v) is 34.7. The van der Waals surface area contributed by atoms with Crippen LogP contribution in [0.2, 0.25) is 0 Å². The molecular weight excluding hydrogens is 1150 g/mol. The average Bonchev–Trinajstić information content (AvgIpc) is 2.82. The van der Waals surface area contributed by atoms with E-state index in [2.05, 4.69) is 64.8 Å². The van der Waals surface area contributed by atoms with Crippen LogP contribution in [0.4, 0.5) is 17.8 Å². The van der Waals surface area contributed by atoms with Gasteiger partial charge in [-0.05, 0) is 75.4 Å². The minimum atomic E-state index is -0.776. The topological polar surface area (TPSA) is 286 Å². The number of thioether (sulfide) groups is 2. The number of aryl methyl sites for hydroxylation is 2. The fourth-order valence-corrected chi connectivity index (χ4v) is 11.1. The molecule has 2 atom stereocenters. The van der Waals surface area contributed by atoms with E-state index in [1.165, 1.54) is 9.36 Å². The maximum Gasteiger partial charge on any atom is 0.247 e. The molecular formula is C60H102N16O9S2. The molecule has 0 aliphatic carbocycles. The number of piperazine rings is 2. The van der Waals surface area contributed by atoms with Crippen LogP contribution in [0.25, 0.3) is 0 Å². The zero-order valence-corrected chi connectivity index (χ0v) is 53.8. The Hall–Kier alpha value is -5.37. The number of rotatable bonds is 49. The number of aliphatic hydroxyl groups is 2. The first-order valence-electron chi connectivity index (χ1n) is 32.0. The molecule has 25 nitrogen and oxygen atoms in total. The van der Waals surface area contributed by atoms with Gasteiger partial charge < -0.3 is 60.0 Å². The standard InChI is InChI=1S/C60H102N16O9S2/c1-4-38-83-40-42-85-43-41-84-39-29-63-58-64-59(73-34-30-71(31-35-73)54(79)25-17-13-9-5-7-11-15-19-27-61-56(81)52(48-77)75-46-50(67-69-75)23-21-44-86-2)66-60(65-58)74-36-32-72(33-37-74)55(80)26-18-14-10-6-8-12-16-20-28-62-57(82)53(49-78)76-47-51(68-70-76)24-22-45-87-3/h1,46-47,52-53,77-78H,5-45,48-49H2,2-3H3,(H,61,81)(H,62,82)(H,63,64,65,66). The monoisotopic (exact) mass is 1250 g/mol. The Morgan fingerprint density at radius 1 is 0.540 bits per heavy atom. The van der Waals surface area contributed by atoms with Gasteiger partial charge in [0, 0.05) is 97.2 Å². The quantitative estimate of drug-likeness (QED) is 0.0376. The van der Waals surface area contributed by atoms with Crippen LogP contribution >= 0.6 is 23.5 Å². The highest BCUT2D eigenvalue weighted by atomic mass is 32.2. The largest absolute Gasteiger partial charge is 0.394 e. The summed E-state index contributed by atoms with van der Waals surface area (Å²) in [5.41, 5.74) is 1.65. The number of hydrogen-bond acceptors (Lipinski definition) is 21. The molecule has 0 spiro atoms. The highest BCUT2D eigenvalue weighted by Gasteiger charge is 2.28. The number of carbonyl (C=O) groups is 4. The normalized spacial score (nSPS) is 14.3. The molecule has 0 radical (unpaired) electrons. The van der Waals surface area contributed by atoms with Gasteiger partial charge in [-0.2, -0.15) is 38.5 Å². The van der Waals surface area contributed by atoms with Crippen LogP contribution in [0.5, 0.6) is 0 Å². The van der Waals surface area contributed by atoms with Crippen molar-refractivity contribution in [2.45, 2.75) is 153 Å². The number of amides is 4. The number of anilines is 3. The van der Waals surface area contributed by atoms with E-state index in [0.717, 1.165) is 151 Å². The van der Waals surface area contributed by atoms with Crippen molar-refractivity contribution in [3.63, 3.8) is 0 Å². The molecule has 488 valence electrons. The lowest BCUT2D eigenvalue weighted by Gasteiger charge is -2.36. The molecule has 87 heavy (non-hydrogen) atoms. The molecule has 0 aromatic carbocycles. The Labute approximate surface area is 525 Å². The summed E-state index contributed by atoms with van der Waals surface area (Å²) in [7, 11) is 0. The molecule has 2 aliphatic heterocycles. The van der Waals surface area contributed by atoms with E-state index in [1.807, 2.05) is 9.80 Å². The third-order valence-electron chi connectivity index (χ3n) is 15.4. The highest BCUT2D eigenvalue weighted by Crippen LogP contribution is 2.22. The zero-order chi connectivity index (χ0) is 61.9. The van der Waals surface area contributed by atoms with Gasteiger partial charge in [-0.15, -0.1) is 16.6 Å². The lowest BCUT2D eigenvalue weighted by molar-refractivity contribution is -0.132. The molecule has 0 saturated carbocycles. The molecule has 2 saturated heterocycles. The van der Waals surface area contributed by atoms with Crippen LogP contribution in [0.15, 0.2) is 12.4 Å². The van der Waals surface area contributed by atoms with Crippen LogP contribution in [0.1, 0.15) is 152 Å². The number of aliphatic hydroxyl groups excluding tert-OH is 2. The Balaban J connectivity index is 0.944. The van der Waals surface area contributed by atoms with Crippen LogP contribution in [0.3, 0.4) is 0 Å². The van der Waals surface area contributed by atoms with Gasteiger partial charge in [-0.25, -0.2) is 9.36 Å². The van der Waals surface area contributed by atoms with Gasteiger partial charge in [-0.3, -0.25) is 19.2 Å². The molecule has 5 rings (SSSR count). The molecule has 2 aliphatic rings. The summed E-state index contributed by atoms with van der Waals surface area (Å²) in [4.78, 5) is 75.0. The van der Waals surface area contributed by atoms with E-state index in [-0.39, 0.29) is 43.4 Å². The predicted octanol–water partition coefficient (Wildman–Crippen LogP) is 4.76. The van der Waals surface area contributed by atoms with Crippen molar-refractivity contribution in [3.05, 3.63) is 23.8 Å². The number of unbranched alkanes of at least 4 members (excludes halogenated alkanes) is 14. The summed E-state index contributed by atoms with van der Waals surface area (Å²) in [5, 5.41) is 45.5. The molecule has 3 aromatic rings. The number of terminal acetylenes is 1. The molecule has 0 bridgehead atoms. The minimum absolute atomic E-state index is 0.179. The van der Waals surface area contributed by atoms with E-state index in [0.29, 0.717) is 136 Å². The maximum absolute atomic E-state index is 13.3. The second-order valence-electron chi connectivity index (χ2n) is 22.1. The van der Waals surface area contributed by atoms with Crippen LogP contribution in [-0.2, 0) is 46.2 Å². The zero-order valence-electron chi connectivity index (χ0n) is 52.2. The second-order valence-corrected chi connectivity index (χ2v) is 24.1. The van der Waals surface area contributed by atoms with E-state index < -0.39 is 12.1 Å². The SMILES string of the molecule is C#CCOCCOCCOCCNc1nc(N2CCN(C(=O)CCCCCCCCCCNC(=O)C(CO)n3cc(CCCSC)nn3)CC2)nc(N2CCN(C(=O)CCCCCCCCCCNC(=O)C(CO)n3cc(CCCSC)nn3)CC2)n1. The van der Waals surface area contributed by atoms with Crippen LogP contribution in [-0.4, -0.2) is 237 Å². The number of aromatic nitrogens is 9. The number of carbonyl (C=O) groups excluding carboxylic acids is 4. The Morgan fingerprint density at radius 2 is 0.943 bits per heavy atom. The molecule has 5 heterocycles. The van der Waals surface area contributed by atoms with E-state index >= 15 is 0 Å². The average molecular weight is 1260 g/mol. The van der Waals surface area contributed by atoms with E-state index in [4.69, 9.17) is 35.6 Å². The number of ether oxygens (including phenoxy) is 3.